The highest BCUT2D eigenvalue weighted by Crippen LogP contribution is 2.20. The summed E-state index contributed by atoms with van der Waals surface area (Å²) in [5, 5.41) is 2.77. The summed E-state index contributed by atoms with van der Waals surface area (Å²) in [7, 11) is 1.73. The van der Waals surface area contributed by atoms with Gasteiger partial charge in [0.05, 0.1) is 6.54 Å². The normalized spacial score (nSPS) is 10.9. The van der Waals surface area contributed by atoms with Crippen LogP contribution >= 0.6 is 0 Å². The van der Waals surface area contributed by atoms with Crippen molar-refractivity contribution in [3.63, 3.8) is 0 Å². The molecule has 0 aliphatic rings. The standard InChI is InChI=1S/C13H22N2O2/c1-9(2)15-10(3)6-12(11(15)4)8-17-13(16)7-14-5/h6,9,14H,7-8H2,1-5H3. The second-order valence-corrected chi connectivity index (χ2v) is 4.55. The molecule has 1 aromatic heterocycles. The Morgan fingerprint density at radius 2 is 2.12 bits per heavy atom. The minimum atomic E-state index is -0.221. The number of likely N-dealkylation sites (N-methyl/N-ethyl adjacent to an activating group) is 1. The average Bonchev–Trinajstić information content (AvgIpc) is 2.51. The number of nitrogens with zero attached hydrogens (tertiary/aromatic N) is 1. The van der Waals surface area contributed by atoms with Gasteiger partial charge in [0.1, 0.15) is 6.61 Å². The molecule has 17 heavy (non-hydrogen) atoms. The summed E-state index contributed by atoms with van der Waals surface area (Å²) in [5.41, 5.74) is 3.47. The number of ether oxygens (including phenoxy) is 1. The van der Waals surface area contributed by atoms with Crippen molar-refractivity contribution in [3.8, 4) is 0 Å². The van der Waals surface area contributed by atoms with Crippen LogP contribution in [0.25, 0.3) is 0 Å². The first-order chi connectivity index (χ1) is 7.97. The van der Waals surface area contributed by atoms with Crippen molar-refractivity contribution in [2.75, 3.05) is 13.6 Å². The number of carbonyl (C=O) groups is 1. The van der Waals surface area contributed by atoms with Crippen molar-refractivity contribution < 1.29 is 9.53 Å². The van der Waals surface area contributed by atoms with Gasteiger partial charge in [-0.15, -0.1) is 0 Å². The Morgan fingerprint density at radius 1 is 1.47 bits per heavy atom. The lowest BCUT2D eigenvalue weighted by atomic mass is 10.2. The number of aryl methyl sites for hydroxylation is 1. The van der Waals surface area contributed by atoms with Crippen LogP contribution in [0.1, 0.15) is 36.8 Å². The summed E-state index contributed by atoms with van der Waals surface area (Å²) >= 11 is 0. The Morgan fingerprint density at radius 3 is 2.59 bits per heavy atom. The van der Waals surface area contributed by atoms with E-state index in [2.05, 4.69) is 43.6 Å². The number of carbonyl (C=O) groups excluding carboxylic acids is 1. The molecule has 0 bridgehead atoms. The number of nitrogens with one attached hydrogen (secondary N) is 1. The van der Waals surface area contributed by atoms with Crippen LogP contribution < -0.4 is 5.32 Å². The molecule has 0 fully saturated rings. The van der Waals surface area contributed by atoms with Gasteiger partial charge in [-0.05, 0) is 40.8 Å². The van der Waals surface area contributed by atoms with E-state index < -0.39 is 0 Å². The van der Waals surface area contributed by atoms with Gasteiger partial charge in [0, 0.05) is 23.0 Å². The molecule has 96 valence electrons. The van der Waals surface area contributed by atoms with E-state index in [4.69, 9.17) is 4.74 Å². The zero-order valence-electron chi connectivity index (χ0n) is 11.3. The maximum absolute atomic E-state index is 11.3. The van der Waals surface area contributed by atoms with Crippen LogP contribution in [0.3, 0.4) is 0 Å². The van der Waals surface area contributed by atoms with Crippen LogP contribution in [0.4, 0.5) is 0 Å². The SMILES string of the molecule is CNCC(=O)OCc1cc(C)n(C(C)C)c1C. The summed E-state index contributed by atoms with van der Waals surface area (Å²) in [6.07, 6.45) is 0. The third-order valence-electron chi connectivity index (χ3n) is 2.82. The van der Waals surface area contributed by atoms with Crippen LogP contribution in [0.15, 0.2) is 6.07 Å². The van der Waals surface area contributed by atoms with Crippen molar-refractivity contribution in [1.82, 2.24) is 9.88 Å². The average molecular weight is 238 g/mol. The Hall–Kier alpha value is -1.29. The third kappa shape index (κ3) is 3.33. The van der Waals surface area contributed by atoms with Gasteiger partial charge < -0.3 is 14.6 Å². The van der Waals surface area contributed by atoms with E-state index in [1.807, 2.05) is 0 Å². The van der Waals surface area contributed by atoms with E-state index in [1.165, 1.54) is 11.4 Å². The van der Waals surface area contributed by atoms with Crippen LogP contribution in [0.5, 0.6) is 0 Å². The molecule has 0 saturated carbocycles. The van der Waals surface area contributed by atoms with Gasteiger partial charge in [-0.25, -0.2) is 0 Å². The lowest BCUT2D eigenvalue weighted by molar-refractivity contribution is -0.143. The van der Waals surface area contributed by atoms with Crippen LogP contribution in [0.2, 0.25) is 0 Å². The molecule has 0 unspecified atom stereocenters. The first kappa shape index (κ1) is 13.8. The highest BCUT2D eigenvalue weighted by molar-refractivity contribution is 5.71. The summed E-state index contributed by atoms with van der Waals surface area (Å²) < 4.78 is 7.43. The van der Waals surface area contributed by atoms with Crippen LogP contribution in [-0.4, -0.2) is 24.1 Å². The van der Waals surface area contributed by atoms with Crippen molar-refractivity contribution >= 4 is 5.97 Å². The topological polar surface area (TPSA) is 43.3 Å². The molecule has 0 aliphatic carbocycles. The molecule has 0 amide bonds. The molecular weight excluding hydrogens is 216 g/mol. The number of rotatable bonds is 5. The summed E-state index contributed by atoms with van der Waals surface area (Å²) in [4.78, 5) is 11.3. The van der Waals surface area contributed by atoms with E-state index in [0.29, 0.717) is 12.6 Å². The quantitative estimate of drug-likeness (QED) is 0.797. The molecule has 4 nitrogen and oxygen atoms in total. The Labute approximate surface area is 103 Å². The van der Waals surface area contributed by atoms with Crippen LogP contribution in [0, 0.1) is 13.8 Å². The van der Waals surface area contributed by atoms with Crippen LogP contribution in [-0.2, 0) is 16.1 Å². The fourth-order valence-corrected chi connectivity index (χ4v) is 2.14. The molecule has 4 heteroatoms. The highest BCUT2D eigenvalue weighted by Gasteiger charge is 2.12. The smallest absolute Gasteiger partial charge is 0.320 e. The first-order valence-electron chi connectivity index (χ1n) is 5.95. The molecule has 0 spiro atoms. The third-order valence-corrected chi connectivity index (χ3v) is 2.82. The highest BCUT2D eigenvalue weighted by atomic mass is 16.5. The lowest BCUT2D eigenvalue weighted by Crippen LogP contribution is -2.20. The number of hydrogen-bond donors (Lipinski definition) is 1. The summed E-state index contributed by atoms with van der Waals surface area (Å²) in [5.74, 6) is -0.221. The van der Waals surface area contributed by atoms with Gasteiger partial charge in [0.2, 0.25) is 0 Å². The fraction of sp³-hybridized carbons (Fsp3) is 0.615. The Kier molecular flexibility index (Phi) is 4.75. The largest absolute Gasteiger partial charge is 0.460 e. The fourth-order valence-electron chi connectivity index (χ4n) is 2.14. The maximum Gasteiger partial charge on any atom is 0.320 e. The molecule has 0 saturated heterocycles. The van der Waals surface area contributed by atoms with Gasteiger partial charge in [0.25, 0.3) is 0 Å². The van der Waals surface area contributed by atoms with Crippen molar-refractivity contribution in [1.29, 1.82) is 0 Å². The molecular formula is C13H22N2O2. The monoisotopic (exact) mass is 238 g/mol. The van der Waals surface area contributed by atoms with Gasteiger partial charge in [-0.1, -0.05) is 0 Å². The minimum Gasteiger partial charge on any atom is -0.460 e. The van der Waals surface area contributed by atoms with E-state index in [-0.39, 0.29) is 12.5 Å². The molecule has 1 heterocycles. The maximum atomic E-state index is 11.3. The molecule has 0 radical (unpaired) electrons. The van der Waals surface area contributed by atoms with E-state index in [1.54, 1.807) is 7.05 Å². The summed E-state index contributed by atoms with van der Waals surface area (Å²) in [6.45, 7) is 9.05. The van der Waals surface area contributed by atoms with E-state index >= 15 is 0 Å². The van der Waals surface area contributed by atoms with Crippen molar-refractivity contribution in [3.05, 3.63) is 23.0 Å². The van der Waals surface area contributed by atoms with E-state index in [0.717, 1.165) is 5.56 Å². The zero-order chi connectivity index (χ0) is 13.0. The first-order valence-corrected chi connectivity index (χ1v) is 5.95. The second kappa shape index (κ2) is 5.87. The van der Waals surface area contributed by atoms with Gasteiger partial charge in [-0.3, -0.25) is 4.79 Å². The van der Waals surface area contributed by atoms with Gasteiger partial charge in [0.15, 0.2) is 0 Å². The summed E-state index contributed by atoms with van der Waals surface area (Å²) in [6, 6.07) is 2.51. The second-order valence-electron chi connectivity index (χ2n) is 4.55. The lowest BCUT2D eigenvalue weighted by Gasteiger charge is -2.13. The minimum absolute atomic E-state index is 0.221. The van der Waals surface area contributed by atoms with Crippen molar-refractivity contribution in [2.24, 2.45) is 0 Å². The molecule has 1 aromatic rings. The Balaban J connectivity index is 2.73. The van der Waals surface area contributed by atoms with Crippen molar-refractivity contribution in [2.45, 2.75) is 40.3 Å². The number of esters is 1. The van der Waals surface area contributed by atoms with Gasteiger partial charge >= 0.3 is 5.97 Å². The van der Waals surface area contributed by atoms with E-state index in [9.17, 15) is 4.79 Å². The molecule has 0 aliphatic heterocycles. The molecule has 1 rings (SSSR count). The number of aromatic nitrogens is 1. The molecule has 1 N–H and O–H groups in total. The zero-order valence-corrected chi connectivity index (χ0v) is 11.3. The number of hydrogen-bond acceptors (Lipinski definition) is 3. The Bertz CT molecular complexity index is 394. The predicted molar refractivity (Wildman–Crippen MR) is 68.0 cm³/mol. The molecule has 0 atom stereocenters. The predicted octanol–water partition coefficient (Wildman–Crippen LogP) is 1.95. The van der Waals surface area contributed by atoms with Gasteiger partial charge in [-0.2, -0.15) is 0 Å². The molecule has 0 aromatic carbocycles.